The van der Waals surface area contributed by atoms with Crippen molar-refractivity contribution in [1.29, 1.82) is 0 Å². The monoisotopic (exact) mass is 340 g/mol. The molecular formula is C3H5N3O3Po. The standard InChI is InChI=1S/C3H3N3O3.Po.2H/c7-1-4-2(8)6-3(9)5-1;;;/h(H3,4,5,6,7,8,9);;;. The van der Waals surface area contributed by atoms with Crippen molar-refractivity contribution in [2.75, 3.05) is 0 Å². The van der Waals surface area contributed by atoms with Gasteiger partial charge in [-0.2, -0.15) is 0 Å². The molecule has 0 aromatic carbocycles. The van der Waals surface area contributed by atoms with Crippen LogP contribution in [0.4, 0.5) is 0 Å². The Morgan fingerprint density at radius 1 is 0.700 bits per heavy atom. The van der Waals surface area contributed by atoms with E-state index in [1.54, 1.807) is 15.0 Å². The van der Waals surface area contributed by atoms with Crippen molar-refractivity contribution in [3.8, 4) is 0 Å². The molecule has 0 amide bonds. The fourth-order valence-corrected chi connectivity index (χ4v) is 0.403. The van der Waals surface area contributed by atoms with Gasteiger partial charge in [0.1, 0.15) is 0 Å². The summed E-state index contributed by atoms with van der Waals surface area (Å²) < 4.78 is 0. The molecule has 7 heteroatoms. The molecule has 0 saturated heterocycles. The minimum absolute atomic E-state index is 0. The zero-order chi connectivity index (χ0) is 6.85. The molecule has 0 atom stereocenters. The molecule has 0 fully saturated rings. The van der Waals surface area contributed by atoms with Crippen LogP contribution in [0.2, 0.25) is 0 Å². The first-order valence-electron chi connectivity index (χ1n) is 2.11. The number of nitrogens with one attached hydrogen (secondary N) is 3. The van der Waals surface area contributed by atoms with Crippen molar-refractivity contribution in [3.05, 3.63) is 31.5 Å². The Morgan fingerprint density at radius 2 is 0.900 bits per heavy atom. The molecule has 0 spiro atoms. The van der Waals surface area contributed by atoms with E-state index in [4.69, 9.17) is 0 Å². The second-order valence-corrected chi connectivity index (χ2v) is 1.36. The summed E-state index contributed by atoms with van der Waals surface area (Å²) >= 11 is 0. The van der Waals surface area contributed by atoms with Crippen LogP contribution in [0.1, 0.15) is 0 Å². The second kappa shape index (κ2) is 3.47. The molecule has 0 aliphatic heterocycles. The van der Waals surface area contributed by atoms with Gasteiger partial charge in [-0.3, -0.25) is 15.0 Å². The first-order chi connectivity index (χ1) is 4.18. The van der Waals surface area contributed by atoms with E-state index < -0.39 is 17.1 Å². The Hall–Kier alpha value is -0.694. The molecule has 0 aliphatic carbocycles. The van der Waals surface area contributed by atoms with Crippen molar-refractivity contribution in [2.45, 2.75) is 0 Å². The number of H-pyrrole nitrogens is 3. The zero-order valence-corrected chi connectivity index (χ0v) is 8.61. The van der Waals surface area contributed by atoms with Gasteiger partial charge in [0.2, 0.25) is 0 Å². The van der Waals surface area contributed by atoms with E-state index in [9.17, 15) is 14.4 Å². The van der Waals surface area contributed by atoms with Crippen molar-refractivity contribution >= 4 is 26.6 Å². The SMILES string of the molecule is O=c1[nH]c(=O)[nH]c(=O)[nH]1.[PoH2]. The molecule has 1 heterocycles. The van der Waals surface area contributed by atoms with Crippen LogP contribution >= 0.6 is 0 Å². The first-order valence-corrected chi connectivity index (χ1v) is 2.11. The summed E-state index contributed by atoms with van der Waals surface area (Å²) in [6.07, 6.45) is 0. The molecule has 0 bridgehead atoms. The number of hydrogen-bond donors (Lipinski definition) is 3. The van der Waals surface area contributed by atoms with Gasteiger partial charge in [-0.1, -0.05) is 0 Å². The normalized spacial score (nSPS) is 8.40. The summed E-state index contributed by atoms with van der Waals surface area (Å²) in [7, 11) is 0. The van der Waals surface area contributed by atoms with Crippen LogP contribution in [0.5, 0.6) is 0 Å². The van der Waals surface area contributed by atoms with Crippen LogP contribution < -0.4 is 17.1 Å². The average molecular weight is 340 g/mol. The topological polar surface area (TPSA) is 98.6 Å². The molecule has 0 unspecified atom stereocenters. The maximum absolute atomic E-state index is 10.2. The van der Waals surface area contributed by atoms with E-state index in [1.807, 2.05) is 0 Å². The summed E-state index contributed by atoms with van der Waals surface area (Å²) in [5.74, 6) is 0. The quantitative estimate of drug-likeness (QED) is 0.465. The van der Waals surface area contributed by atoms with Crippen LogP contribution in [0.25, 0.3) is 0 Å². The number of aromatic nitrogens is 3. The number of rotatable bonds is 0. The van der Waals surface area contributed by atoms with Gasteiger partial charge >= 0.3 is 43.6 Å². The zero-order valence-electron chi connectivity index (χ0n) is 4.72. The number of aromatic amines is 3. The Labute approximate surface area is 73.2 Å². The molecule has 0 aliphatic rings. The van der Waals surface area contributed by atoms with E-state index in [0.29, 0.717) is 0 Å². The minimum atomic E-state index is -0.802. The molecule has 1 rings (SSSR count). The third-order valence-electron chi connectivity index (χ3n) is 0.681. The molecule has 0 radical (unpaired) electrons. The fraction of sp³-hybridized carbons (Fsp3) is 0. The van der Waals surface area contributed by atoms with Gasteiger partial charge in [0.25, 0.3) is 0 Å². The third-order valence-corrected chi connectivity index (χ3v) is 0.681. The van der Waals surface area contributed by atoms with Crippen molar-refractivity contribution in [1.82, 2.24) is 15.0 Å². The van der Waals surface area contributed by atoms with Gasteiger partial charge in [0, 0.05) is 0 Å². The molecule has 6 nitrogen and oxygen atoms in total. The summed E-state index contributed by atoms with van der Waals surface area (Å²) in [6.45, 7) is 0. The van der Waals surface area contributed by atoms with Gasteiger partial charge in [0.05, 0.1) is 0 Å². The number of hydrogen-bond acceptors (Lipinski definition) is 3. The predicted octanol–water partition coefficient (Wildman–Crippen LogP) is -3.16. The van der Waals surface area contributed by atoms with Crippen molar-refractivity contribution < 1.29 is 0 Å². The molecule has 10 heavy (non-hydrogen) atoms. The Kier molecular flexibility index (Phi) is 3.23. The van der Waals surface area contributed by atoms with Crippen LogP contribution in [-0.4, -0.2) is 41.5 Å². The Balaban J connectivity index is 0.000000810. The van der Waals surface area contributed by atoms with Gasteiger partial charge in [-0.15, -0.1) is 0 Å². The molecular weight excluding hydrogens is 335 g/mol. The molecule has 0 saturated carbocycles. The first kappa shape index (κ1) is 9.31. The Bertz CT molecular complexity index is 281. The third kappa shape index (κ3) is 2.27. The average Bonchev–Trinajstić information content (AvgIpc) is 1.59. The van der Waals surface area contributed by atoms with Crippen LogP contribution in [0, 0.1) is 0 Å². The van der Waals surface area contributed by atoms with Crippen LogP contribution in [-0.2, 0) is 0 Å². The van der Waals surface area contributed by atoms with Gasteiger partial charge in [0.15, 0.2) is 0 Å². The van der Waals surface area contributed by atoms with E-state index in [1.165, 1.54) is 0 Å². The molecule has 1 aromatic rings. The van der Waals surface area contributed by atoms with Gasteiger partial charge in [-0.05, 0) is 0 Å². The molecule has 56 valence electrons. The van der Waals surface area contributed by atoms with Crippen molar-refractivity contribution in [3.63, 3.8) is 0 Å². The fourth-order valence-electron chi connectivity index (χ4n) is 0.403. The Morgan fingerprint density at radius 3 is 1.10 bits per heavy atom. The molecule has 3 N–H and O–H groups in total. The second-order valence-electron chi connectivity index (χ2n) is 1.36. The van der Waals surface area contributed by atoms with Crippen LogP contribution in [0.15, 0.2) is 14.4 Å². The van der Waals surface area contributed by atoms with E-state index in [2.05, 4.69) is 0 Å². The molecule has 1 aromatic heterocycles. The van der Waals surface area contributed by atoms with E-state index in [0.717, 1.165) is 0 Å². The predicted molar refractivity (Wildman–Crippen MR) is 36.8 cm³/mol. The maximum atomic E-state index is 10.2. The van der Waals surface area contributed by atoms with Gasteiger partial charge < -0.3 is 0 Å². The summed E-state index contributed by atoms with van der Waals surface area (Å²) in [5.41, 5.74) is -2.41. The summed E-state index contributed by atoms with van der Waals surface area (Å²) in [5, 5.41) is 0. The summed E-state index contributed by atoms with van der Waals surface area (Å²) in [6, 6.07) is 0. The van der Waals surface area contributed by atoms with E-state index in [-0.39, 0.29) is 26.6 Å². The van der Waals surface area contributed by atoms with Gasteiger partial charge in [-0.25, -0.2) is 14.4 Å². The van der Waals surface area contributed by atoms with Crippen LogP contribution in [0.3, 0.4) is 0 Å². The van der Waals surface area contributed by atoms with Crippen molar-refractivity contribution in [2.24, 2.45) is 0 Å². The van der Waals surface area contributed by atoms with E-state index >= 15 is 0 Å². The summed E-state index contributed by atoms with van der Waals surface area (Å²) in [4.78, 5) is 35.9.